The largest absolute Gasteiger partial charge is 0.463 e. The van der Waals surface area contributed by atoms with E-state index in [1.54, 1.807) is 72.8 Å². The molecule has 0 saturated carbocycles. The Bertz CT molecular complexity index is 2360. The van der Waals surface area contributed by atoms with E-state index >= 15 is 0 Å². The lowest BCUT2D eigenvalue weighted by atomic mass is 9.95. The lowest BCUT2D eigenvalue weighted by Gasteiger charge is -2.48. The number of hydrogen-bond donors (Lipinski definition) is 0. The van der Waals surface area contributed by atoms with E-state index in [1.165, 1.54) is 48.5 Å². The van der Waals surface area contributed by atoms with Gasteiger partial charge >= 0.3 is 47.8 Å². The smallest absolute Gasteiger partial charge is 0.340 e. The molecule has 352 valence electrons. The van der Waals surface area contributed by atoms with Crippen molar-refractivity contribution in [3.05, 3.63) is 144 Å². The molecule has 0 unspecified atom stereocenters. The van der Waals surface area contributed by atoms with Gasteiger partial charge in [-0.3, -0.25) is 19.2 Å². The highest BCUT2D eigenvalue weighted by Gasteiger charge is 2.58. The highest BCUT2D eigenvalue weighted by Crippen LogP contribution is 2.36. The molecule has 0 aromatic heterocycles. The lowest BCUT2D eigenvalue weighted by Crippen LogP contribution is -2.67. The van der Waals surface area contributed by atoms with Gasteiger partial charge in [0.05, 0.1) is 22.3 Å². The van der Waals surface area contributed by atoms with E-state index in [0.29, 0.717) is 0 Å². The summed E-state index contributed by atoms with van der Waals surface area (Å²) in [5.74, 6) is -7.45. The topological polar surface area (TPSA) is 238 Å². The quantitative estimate of drug-likeness (QED) is 0.112. The van der Waals surface area contributed by atoms with Gasteiger partial charge in [0.2, 0.25) is 12.4 Å². The van der Waals surface area contributed by atoms with Crippen LogP contribution in [0.5, 0.6) is 0 Å². The monoisotopic (exact) mass is 926 g/mol. The minimum atomic E-state index is -1.95. The third-order valence-corrected chi connectivity index (χ3v) is 9.96. The molecule has 19 nitrogen and oxygen atoms in total. The van der Waals surface area contributed by atoms with Crippen LogP contribution in [0.4, 0.5) is 0 Å². The van der Waals surface area contributed by atoms with Crippen LogP contribution in [0, 0.1) is 0 Å². The Morgan fingerprint density at radius 3 is 1.16 bits per heavy atom. The molecule has 0 bridgehead atoms. The third-order valence-electron chi connectivity index (χ3n) is 9.96. The zero-order valence-electron chi connectivity index (χ0n) is 36.5. The second-order valence-electron chi connectivity index (χ2n) is 14.9. The molecule has 4 aromatic rings. The summed E-state index contributed by atoms with van der Waals surface area (Å²) in [5, 5.41) is 0. The molecule has 67 heavy (non-hydrogen) atoms. The molecule has 10 atom stereocenters. The average Bonchev–Trinajstić information content (AvgIpc) is 3.31. The molecule has 0 spiro atoms. The van der Waals surface area contributed by atoms with Crippen molar-refractivity contribution in [2.45, 2.75) is 89.1 Å². The predicted molar refractivity (Wildman–Crippen MR) is 225 cm³/mol. The predicted octanol–water partition coefficient (Wildman–Crippen LogP) is 4.34. The van der Waals surface area contributed by atoms with E-state index in [4.69, 9.17) is 52.1 Å². The maximum Gasteiger partial charge on any atom is 0.340 e. The molecule has 2 saturated heterocycles. The Morgan fingerprint density at radius 1 is 0.358 bits per heavy atom. The maximum absolute atomic E-state index is 14.2. The fourth-order valence-corrected chi connectivity index (χ4v) is 7.08. The Morgan fingerprint density at radius 2 is 0.701 bits per heavy atom. The highest BCUT2D eigenvalue weighted by molar-refractivity contribution is 5.91. The van der Waals surface area contributed by atoms with Crippen LogP contribution in [0.1, 0.15) is 69.1 Å². The number of rotatable bonds is 16. The van der Waals surface area contributed by atoms with Crippen molar-refractivity contribution in [2.75, 3.05) is 13.2 Å². The summed E-state index contributed by atoms with van der Waals surface area (Å²) in [7, 11) is 0. The molecular weight excluding hydrogens is 881 g/mol. The second-order valence-corrected chi connectivity index (χ2v) is 14.9. The average molecular weight is 927 g/mol. The van der Waals surface area contributed by atoms with E-state index in [1.807, 2.05) is 0 Å². The Kier molecular flexibility index (Phi) is 16.9. The van der Waals surface area contributed by atoms with Crippen LogP contribution in [0.15, 0.2) is 121 Å². The zero-order valence-corrected chi connectivity index (χ0v) is 36.5. The maximum atomic E-state index is 14.2. The van der Waals surface area contributed by atoms with Crippen molar-refractivity contribution in [3.8, 4) is 0 Å². The van der Waals surface area contributed by atoms with Gasteiger partial charge < -0.3 is 52.1 Å². The second kappa shape index (κ2) is 23.1. The normalized spacial score (nSPS) is 24.4. The fraction of sp³-hybridized carbons (Fsp3) is 0.333. The summed E-state index contributed by atoms with van der Waals surface area (Å²) in [5.41, 5.74) is 0.168. The van der Waals surface area contributed by atoms with Gasteiger partial charge in [0.25, 0.3) is 0 Å². The number of carbonyl (C=O) groups is 8. The fourth-order valence-electron chi connectivity index (χ4n) is 7.08. The molecule has 6 rings (SSSR count). The zero-order chi connectivity index (χ0) is 48.0. The van der Waals surface area contributed by atoms with Gasteiger partial charge in [0.15, 0.2) is 30.7 Å². The van der Waals surface area contributed by atoms with Crippen LogP contribution in [0.2, 0.25) is 0 Å². The van der Waals surface area contributed by atoms with Gasteiger partial charge in [-0.15, -0.1) is 0 Å². The third kappa shape index (κ3) is 13.3. The van der Waals surface area contributed by atoms with Gasteiger partial charge in [-0.05, 0) is 48.5 Å². The van der Waals surface area contributed by atoms with E-state index in [2.05, 4.69) is 0 Å². The van der Waals surface area contributed by atoms with Crippen molar-refractivity contribution in [1.82, 2.24) is 0 Å². The number of ether oxygens (including phenoxy) is 11. The molecule has 2 fully saturated rings. The first-order chi connectivity index (χ1) is 32.2. The summed E-state index contributed by atoms with van der Waals surface area (Å²) in [4.78, 5) is 105. The van der Waals surface area contributed by atoms with Crippen LogP contribution in [-0.4, -0.2) is 122 Å². The van der Waals surface area contributed by atoms with Crippen molar-refractivity contribution in [3.63, 3.8) is 0 Å². The van der Waals surface area contributed by atoms with Gasteiger partial charge in [-0.25, -0.2) is 19.2 Å². The molecule has 19 heteroatoms. The summed E-state index contributed by atoms with van der Waals surface area (Å²) in [6.07, 6.45) is -17.9. The molecular formula is C48H46O19. The van der Waals surface area contributed by atoms with Crippen LogP contribution in [0.25, 0.3) is 0 Å². The van der Waals surface area contributed by atoms with E-state index < -0.39 is 122 Å². The number of hydrogen-bond acceptors (Lipinski definition) is 19. The Balaban J connectivity index is 1.51. The van der Waals surface area contributed by atoms with Gasteiger partial charge in [0, 0.05) is 27.7 Å². The SMILES string of the molecule is CC(=O)OC[C@H]1O[C@@H](O[C@@H]2[C@H](OC(=O)c3ccccc3)[C@@H](OC(=O)c3ccccc3)[C@@H](OC(=O)c3ccccc3)O[C@@H]2COC(=O)c2ccccc2)[C@H](OC(C)=O)[C@@H](OC(C)=O)[C@H]1OC(C)=O. The summed E-state index contributed by atoms with van der Waals surface area (Å²) < 4.78 is 65.0. The number of carbonyl (C=O) groups excluding carboxylic acids is 8. The summed E-state index contributed by atoms with van der Waals surface area (Å²) >= 11 is 0. The van der Waals surface area contributed by atoms with Crippen LogP contribution in [0.3, 0.4) is 0 Å². The molecule has 2 aliphatic heterocycles. The first-order valence-corrected chi connectivity index (χ1v) is 20.8. The van der Waals surface area contributed by atoms with Crippen molar-refractivity contribution >= 4 is 47.8 Å². The Hall–Kier alpha value is -7.48. The molecule has 2 heterocycles. The van der Waals surface area contributed by atoms with Crippen molar-refractivity contribution in [1.29, 1.82) is 0 Å². The van der Waals surface area contributed by atoms with E-state index in [0.717, 1.165) is 27.7 Å². The molecule has 4 aromatic carbocycles. The van der Waals surface area contributed by atoms with Gasteiger partial charge in [0.1, 0.15) is 31.5 Å². The van der Waals surface area contributed by atoms with E-state index in [9.17, 15) is 38.4 Å². The standard InChI is InChI=1S/C48H46O19/c1-27(49)57-25-35-37(59-28(2)50)39(60-29(3)51)41(61-30(4)52)47(62-35)66-38-36(26-58-43(53)31-17-9-5-10-18-31)63-48(67-46(56)34-23-15-8-16-24-34)42(65-45(55)33-21-13-7-14-22-33)40(38)64-44(54)32-19-11-6-12-20-32/h5-24,35-42,47-48H,25-26H2,1-4H3/t35-,36-,37+,38+,39+,40+,41-,42-,47+,48-/m1/s1. The van der Waals surface area contributed by atoms with Crippen molar-refractivity contribution < 1.29 is 90.5 Å². The van der Waals surface area contributed by atoms with Gasteiger partial charge in [-0.2, -0.15) is 0 Å². The number of esters is 8. The minimum Gasteiger partial charge on any atom is -0.463 e. The minimum absolute atomic E-state index is 0.00180. The van der Waals surface area contributed by atoms with E-state index in [-0.39, 0.29) is 22.3 Å². The highest BCUT2D eigenvalue weighted by atomic mass is 16.8. The molecule has 0 radical (unpaired) electrons. The molecule has 0 amide bonds. The first kappa shape index (κ1) is 49.0. The molecule has 0 N–H and O–H groups in total. The van der Waals surface area contributed by atoms with Crippen LogP contribution < -0.4 is 0 Å². The summed E-state index contributed by atoms with van der Waals surface area (Å²) in [6.45, 7) is 2.78. The summed E-state index contributed by atoms with van der Waals surface area (Å²) in [6, 6.07) is 30.7. The first-order valence-electron chi connectivity index (χ1n) is 20.8. The Labute approximate surface area is 383 Å². The number of benzene rings is 4. The van der Waals surface area contributed by atoms with Crippen LogP contribution >= 0.6 is 0 Å². The molecule has 2 aliphatic rings. The van der Waals surface area contributed by atoms with Gasteiger partial charge in [-0.1, -0.05) is 72.8 Å². The lowest BCUT2D eigenvalue weighted by molar-refractivity contribution is -0.354. The molecule has 0 aliphatic carbocycles. The van der Waals surface area contributed by atoms with Crippen molar-refractivity contribution in [2.24, 2.45) is 0 Å². The van der Waals surface area contributed by atoms with Crippen LogP contribution in [-0.2, 0) is 71.3 Å².